The molecule has 3 atom stereocenters. The molecule has 3 N–H and O–H groups in total. The van der Waals surface area contributed by atoms with E-state index in [1.54, 1.807) is 12.1 Å². The van der Waals surface area contributed by atoms with Crippen molar-refractivity contribution >= 4 is 0 Å². The van der Waals surface area contributed by atoms with Crippen LogP contribution in [0.2, 0.25) is 0 Å². The molecule has 1 aliphatic rings. The van der Waals surface area contributed by atoms with Crippen molar-refractivity contribution in [1.29, 1.82) is 0 Å². The molecule has 5 heteroatoms. The third-order valence-electron chi connectivity index (χ3n) is 3.88. The molecule has 1 saturated heterocycles. The summed E-state index contributed by atoms with van der Waals surface area (Å²) in [6.45, 7) is 0.560. The number of rotatable bonds is 6. The summed E-state index contributed by atoms with van der Waals surface area (Å²) in [5, 5.41) is 29.4. The molecule has 3 unspecified atom stereocenters. The number of aliphatic hydroxyl groups excluding tert-OH is 2. The Morgan fingerprint density at radius 1 is 1.43 bits per heavy atom. The van der Waals surface area contributed by atoms with E-state index in [0.717, 1.165) is 5.56 Å². The van der Waals surface area contributed by atoms with Crippen LogP contribution in [0, 0.1) is 0 Å². The fourth-order valence-electron chi connectivity index (χ4n) is 2.67. The van der Waals surface area contributed by atoms with Gasteiger partial charge < -0.3 is 24.8 Å². The summed E-state index contributed by atoms with van der Waals surface area (Å²) >= 11 is 0. The second-order valence-corrected chi connectivity index (χ2v) is 5.61. The highest BCUT2D eigenvalue weighted by Gasteiger charge is 2.23. The highest BCUT2D eigenvalue weighted by molar-refractivity contribution is 5.41. The quantitative estimate of drug-likeness (QED) is 0.743. The lowest BCUT2D eigenvalue weighted by molar-refractivity contribution is -0.0618. The van der Waals surface area contributed by atoms with Crippen LogP contribution >= 0.6 is 0 Å². The third-order valence-corrected chi connectivity index (χ3v) is 3.88. The zero-order valence-electron chi connectivity index (χ0n) is 12.4. The van der Waals surface area contributed by atoms with Gasteiger partial charge in [-0.05, 0) is 49.8 Å². The van der Waals surface area contributed by atoms with Gasteiger partial charge in [0, 0.05) is 6.61 Å². The molecule has 0 aromatic heterocycles. The predicted molar refractivity (Wildman–Crippen MR) is 78.6 cm³/mol. The number of methoxy groups -OCH3 is 1. The Kier molecular flexibility index (Phi) is 5.85. The van der Waals surface area contributed by atoms with E-state index in [9.17, 15) is 15.3 Å². The van der Waals surface area contributed by atoms with Gasteiger partial charge in [-0.3, -0.25) is 0 Å². The molecular formula is C16H24O5. The van der Waals surface area contributed by atoms with Gasteiger partial charge in [0.1, 0.15) is 0 Å². The van der Waals surface area contributed by atoms with E-state index >= 15 is 0 Å². The van der Waals surface area contributed by atoms with Crippen molar-refractivity contribution in [2.45, 2.75) is 50.4 Å². The third kappa shape index (κ3) is 4.88. The molecule has 1 aromatic carbocycles. The van der Waals surface area contributed by atoms with Crippen LogP contribution in [0.25, 0.3) is 0 Å². The SMILES string of the molecule is COc1ccc(CCC(O)CC2CC(O)CCO2)cc1O. The maximum Gasteiger partial charge on any atom is 0.160 e. The maximum atomic E-state index is 10.1. The van der Waals surface area contributed by atoms with E-state index < -0.39 is 6.10 Å². The topological polar surface area (TPSA) is 79.2 Å². The molecule has 0 saturated carbocycles. The number of phenolic OH excluding ortho intramolecular Hbond substituents is 1. The Morgan fingerprint density at radius 3 is 2.90 bits per heavy atom. The van der Waals surface area contributed by atoms with Crippen molar-refractivity contribution in [3.8, 4) is 11.5 Å². The van der Waals surface area contributed by atoms with E-state index in [2.05, 4.69) is 0 Å². The summed E-state index contributed by atoms with van der Waals surface area (Å²) in [5.74, 6) is 0.562. The van der Waals surface area contributed by atoms with Crippen molar-refractivity contribution in [3.63, 3.8) is 0 Å². The van der Waals surface area contributed by atoms with Gasteiger partial charge in [-0.15, -0.1) is 0 Å². The van der Waals surface area contributed by atoms with Crippen LogP contribution in [0.15, 0.2) is 18.2 Å². The van der Waals surface area contributed by atoms with Crippen molar-refractivity contribution in [3.05, 3.63) is 23.8 Å². The summed E-state index contributed by atoms with van der Waals surface area (Å²) in [6.07, 6.45) is 2.25. The number of aromatic hydroxyl groups is 1. The first-order chi connectivity index (χ1) is 10.1. The van der Waals surface area contributed by atoms with Crippen LogP contribution in [-0.2, 0) is 11.2 Å². The number of hydrogen-bond acceptors (Lipinski definition) is 5. The first-order valence-electron chi connectivity index (χ1n) is 7.42. The Hall–Kier alpha value is -1.30. The molecule has 1 aliphatic heterocycles. The number of aryl methyl sites for hydroxylation is 1. The smallest absolute Gasteiger partial charge is 0.160 e. The van der Waals surface area contributed by atoms with E-state index in [1.165, 1.54) is 7.11 Å². The lowest BCUT2D eigenvalue weighted by Gasteiger charge is -2.28. The van der Waals surface area contributed by atoms with Gasteiger partial charge in [0.25, 0.3) is 0 Å². The van der Waals surface area contributed by atoms with Gasteiger partial charge in [0.15, 0.2) is 11.5 Å². The van der Waals surface area contributed by atoms with Gasteiger partial charge in [-0.25, -0.2) is 0 Å². The maximum absolute atomic E-state index is 10.1. The average molecular weight is 296 g/mol. The summed E-state index contributed by atoms with van der Waals surface area (Å²) in [7, 11) is 1.51. The molecule has 5 nitrogen and oxygen atoms in total. The minimum atomic E-state index is -0.468. The van der Waals surface area contributed by atoms with Crippen LogP contribution in [-0.4, -0.2) is 47.3 Å². The average Bonchev–Trinajstić information content (AvgIpc) is 2.45. The normalized spacial score (nSPS) is 23.8. The Labute approximate surface area is 125 Å². The highest BCUT2D eigenvalue weighted by Crippen LogP contribution is 2.27. The molecule has 0 spiro atoms. The first-order valence-corrected chi connectivity index (χ1v) is 7.42. The number of phenols is 1. The second-order valence-electron chi connectivity index (χ2n) is 5.61. The van der Waals surface area contributed by atoms with Gasteiger partial charge >= 0.3 is 0 Å². The number of hydrogen-bond donors (Lipinski definition) is 3. The van der Waals surface area contributed by atoms with Crippen molar-refractivity contribution in [2.24, 2.45) is 0 Å². The van der Waals surface area contributed by atoms with Crippen LogP contribution in [0.3, 0.4) is 0 Å². The summed E-state index contributed by atoms with van der Waals surface area (Å²) in [6, 6.07) is 5.26. The molecule has 0 radical (unpaired) electrons. The fraction of sp³-hybridized carbons (Fsp3) is 0.625. The first kappa shape index (κ1) is 16.1. The highest BCUT2D eigenvalue weighted by atomic mass is 16.5. The minimum absolute atomic E-state index is 0.0620. The van der Waals surface area contributed by atoms with E-state index in [4.69, 9.17) is 9.47 Å². The predicted octanol–water partition coefficient (Wildman–Crippen LogP) is 1.62. The van der Waals surface area contributed by atoms with Crippen molar-refractivity contribution in [1.82, 2.24) is 0 Å². The summed E-state index contributed by atoms with van der Waals surface area (Å²) < 4.78 is 10.5. The van der Waals surface area contributed by atoms with Gasteiger partial charge in [-0.2, -0.15) is 0 Å². The van der Waals surface area contributed by atoms with Crippen LogP contribution in [0.4, 0.5) is 0 Å². The molecule has 1 fully saturated rings. The van der Waals surface area contributed by atoms with E-state index in [-0.39, 0.29) is 18.0 Å². The fourth-order valence-corrected chi connectivity index (χ4v) is 2.67. The van der Waals surface area contributed by atoms with Gasteiger partial charge in [0.05, 0.1) is 25.4 Å². The number of ether oxygens (including phenoxy) is 2. The Balaban J connectivity index is 1.78. The number of benzene rings is 1. The Morgan fingerprint density at radius 2 is 2.24 bits per heavy atom. The molecule has 0 aliphatic carbocycles. The largest absolute Gasteiger partial charge is 0.504 e. The van der Waals surface area contributed by atoms with Crippen LogP contribution < -0.4 is 4.74 Å². The molecule has 1 aromatic rings. The molecule has 118 valence electrons. The van der Waals surface area contributed by atoms with Gasteiger partial charge in [0.2, 0.25) is 0 Å². The van der Waals surface area contributed by atoms with Crippen molar-refractivity contribution in [2.75, 3.05) is 13.7 Å². The molecule has 2 rings (SSSR count). The van der Waals surface area contributed by atoms with Crippen LogP contribution in [0.1, 0.15) is 31.2 Å². The molecule has 0 amide bonds. The lowest BCUT2D eigenvalue weighted by atomic mass is 9.97. The second kappa shape index (κ2) is 7.64. The van der Waals surface area contributed by atoms with Crippen LogP contribution in [0.5, 0.6) is 11.5 Å². The zero-order valence-corrected chi connectivity index (χ0v) is 12.4. The van der Waals surface area contributed by atoms with E-state index in [1.807, 2.05) is 6.07 Å². The van der Waals surface area contributed by atoms with Crippen molar-refractivity contribution < 1.29 is 24.8 Å². The molecule has 1 heterocycles. The summed E-state index contributed by atoms with van der Waals surface area (Å²) in [5.41, 5.74) is 0.956. The minimum Gasteiger partial charge on any atom is -0.504 e. The molecule has 21 heavy (non-hydrogen) atoms. The Bertz CT molecular complexity index is 448. The van der Waals surface area contributed by atoms with E-state index in [0.29, 0.717) is 44.5 Å². The molecular weight excluding hydrogens is 272 g/mol. The molecule has 0 bridgehead atoms. The van der Waals surface area contributed by atoms with Gasteiger partial charge in [-0.1, -0.05) is 6.07 Å². The lowest BCUT2D eigenvalue weighted by Crippen LogP contribution is -2.31. The monoisotopic (exact) mass is 296 g/mol. The number of aliphatic hydroxyl groups is 2. The zero-order chi connectivity index (χ0) is 15.2. The summed E-state index contributed by atoms with van der Waals surface area (Å²) in [4.78, 5) is 0. The standard InChI is InChI=1S/C16H24O5/c1-20-16-5-3-11(8-15(16)19)2-4-12(17)9-14-10-13(18)6-7-21-14/h3,5,8,12-14,17-19H,2,4,6-7,9-10H2,1H3.